The van der Waals surface area contributed by atoms with E-state index in [0.29, 0.717) is 46.2 Å². The Bertz CT molecular complexity index is 827. The van der Waals surface area contributed by atoms with Crippen LogP contribution in [0.15, 0.2) is 48.5 Å². The molecule has 2 aromatic carbocycles. The molecule has 2 aromatic rings. The van der Waals surface area contributed by atoms with Crippen molar-refractivity contribution in [2.75, 3.05) is 39.6 Å². The van der Waals surface area contributed by atoms with Gasteiger partial charge < -0.3 is 24.4 Å². The van der Waals surface area contributed by atoms with E-state index >= 15 is 0 Å². The molecule has 2 N–H and O–H groups in total. The van der Waals surface area contributed by atoms with Crippen LogP contribution < -0.4 is 10.5 Å². The fraction of sp³-hybridized carbons (Fsp3) is 0.481. The molecule has 0 bridgehead atoms. The number of nitrogens with two attached hydrogens (primary N) is 1. The normalized spacial score (nSPS) is 12.4. The smallest absolute Gasteiger partial charge is 0.192 e. The zero-order valence-corrected chi connectivity index (χ0v) is 21.9. The molecule has 0 radical (unpaired) electrons. The van der Waals surface area contributed by atoms with Gasteiger partial charge in [0, 0.05) is 6.54 Å². The maximum absolute atomic E-state index is 6.09. The zero-order chi connectivity index (χ0) is 24.2. The van der Waals surface area contributed by atoms with Crippen molar-refractivity contribution in [3.63, 3.8) is 0 Å². The number of hydrogen-bond donors (Lipinski definition) is 1. The molecule has 0 unspecified atom stereocenters. The number of benzene rings is 2. The van der Waals surface area contributed by atoms with Crippen LogP contribution in [0.2, 0.25) is 18.1 Å². The lowest BCUT2D eigenvalue weighted by Crippen LogP contribution is -2.41. The van der Waals surface area contributed by atoms with Crippen molar-refractivity contribution in [2.45, 2.75) is 45.4 Å². The standard InChI is InChI=1S/C27H41NO4Si/c1-27(2,3)33(4,5)32-21-19-30-17-16-29-18-20-31-26-14-12-24(13-15-26)7-6-23-8-10-25(22-28)11-9-23/h6-15H,16-22,28H2,1-5H3/b7-6+. The fourth-order valence-electron chi connectivity index (χ4n) is 2.75. The van der Waals surface area contributed by atoms with E-state index in [9.17, 15) is 0 Å². The van der Waals surface area contributed by atoms with E-state index in [2.05, 4.69) is 70.3 Å². The Hall–Kier alpha value is -1.96. The molecule has 6 heteroatoms. The average molecular weight is 472 g/mol. The van der Waals surface area contributed by atoms with Gasteiger partial charge in [-0.05, 0) is 47.0 Å². The molecule has 0 aliphatic heterocycles. The summed E-state index contributed by atoms with van der Waals surface area (Å²) >= 11 is 0. The molecule has 0 heterocycles. The highest BCUT2D eigenvalue weighted by Crippen LogP contribution is 2.36. The van der Waals surface area contributed by atoms with Gasteiger partial charge in [-0.15, -0.1) is 0 Å². The molecule has 0 fully saturated rings. The Morgan fingerprint density at radius 2 is 1.21 bits per heavy atom. The second-order valence-corrected chi connectivity index (χ2v) is 14.3. The summed E-state index contributed by atoms with van der Waals surface area (Å²) in [6, 6.07) is 16.3. The summed E-state index contributed by atoms with van der Waals surface area (Å²) in [5.74, 6) is 0.835. The van der Waals surface area contributed by atoms with E-state index in [0.717, 1.165) is 22.4 Å². The van der Waals surface area contributed by atoms with Crippen molar-refractivity contribution >= 4 is 20.5 Å². The van der Waals surface area contributed by atoms with Gasteiger partial charge in [-0.25, -0.2) is 0 Å². The molecule has 33 heavy (non-hydrogen) atoms. The van der Waals surface area contributed by atoms with E-state index in [-0.39, 0.29) is 5.04 Å². The van der Waals surface area contributed by atoms with Gasteiger partial charge in [0.2, 0.25) is 0 Å². The van der Waals surface area contributed by atoms with Crippen LogP contribution in [-0.2, 0) is 20.4 Å². The van der Waals surface area contributed by atoms with Crippen LogP contribution in [0.3, 0.4) is 0 Å². The predicted octanol–water partition coefficient (Wildman–Crippen LogP) is 5.75. The lowest BCUT2D eigenvalue weighted by atomic mass is 10.1. The number of rotatable bonds is 14. The van der Waals surface area contributed by atoms with Crippen molar-refractivity contribution in [3.8, 4) is 5.75 Å². The Morgan fingerprint density at radius 3 is 1.73 bits per heavy atom. The maximum atomic E-state index is 6.09. The van der Waals surface area contributed by atoms with E-state index in [4.69, 9.17) is 24.4 Å². The minimum Gasteiger partial charge on any atom is -0.491 e. The van der Waals surface area contributed by atoms with Crippen LogP contribution in [0.1, 0.15) is 37.5 Å². The Morgan fingerprint density at radius 1 is 0.727 bits per heavy atom. The van der Waals surface area contributed by atoms with Crippen LogP contribution in [0.4, 0.5) is 0 Å². The third-order valence-corrected chi connectivity index (χ3v) is 10.5. The molecule has 182 valence electrons. The van der Waals surface area contributed by atoms with Gasteiger partial charge in [0.05, 0.1) is 33.0 Å². The first kappa shape index (κ1) is 27.3. The molecule has 0 amide bonds. The van der Waals surface area contributed by atoms with E-state index in [1.54, 1.807) is 0 Å². The monoisotopic (exact) mass is 471 g/mol. The predicted molar refractivity (Wildman–Crippen MR) is 140 cm³/mol. The zero-order valence-electron chi connectivity index (χ0n) is 20.9. The van der Waals surface area contributed by atoms with Crippen molar-refractivity contribution in [3.05, 3.63) is 65.2 Å². The molecular weight excluding hydrogens is 430 g/mol. The number of hydrogen-bond acceptors (Lipinski definition) is 5. The molecule has 0 aliphatic carbocycles. The van der Waals surface area contributed by atoms with Gasteiger partial charge in [-0.2, -0.15) is 0 Å². The highest BCUT2D eigenvalue weighted by molar-refractivity contribution is 6.74. The van der Waals surface area contributed by atoms with E-state index in [1.807, 2.05) is 24.3 Å². The molecule has 5 nitrogen and oxygen atoms in total. The fourth-order valence-corrected chi connectivity index (χ4v) is 3.77. The lowest BCUT2D eigenvalue weighted by molar-refractivity contribution is 0.0260. The summed E-state index contributed by atoms with van der Waals surface area (Å²) in [4.78, 5) is 0. The van der Waals surface area contributed by atoms with Crippen LogP contribution in [0.25, 0.3) is 12.2 Å². The van der Waals surface area contributed by atoms with E-state index < -0.39 is 8.32 Å². The second-order valence-electron chi connectivity index (χ2n) is 9.53. The van der Waals surface area contributed by atoms with Gasteiger partial charge in [0.15, 0.2) is 8.32 Å². The summed E-state index contributed by atoms with van der Waals surface area (Å²) in [6.07, 6.45) is 4.17. The summed E-state index contributed by atoms with van der Waals surface area (Å²) in [5.41, 5.74) is 9.04. The topological polar surface area (TPSA) is 62.9 Å². The first-order valence-electron chi connectivity index (χ1n) is 11.7. The quantitative estimate of drug-likeness (QED) is 0.216. The average Bonchev–Trinajstić information content (AvgIpc) is 2.79. The highest BCUT2D eigenvalue weighted by Gasteiger charge is 2.36. The molecule has 0 aliphatic rings. The third kappa shape index (κ3) is 10.2. The number of ether oxygens (including phenoxy) is 3. The molecular formula is C27H41NO4Si. The van der Waals surface area contributed by atoms with Crippen molar-refractivity contribution in [1.82, 2.24) is 0 Å². The summed E-state index contributed by atoms with van der Waals surface area (Å²) in [5, 5.41) is 0.227. The molecule has 0 aromatic heterocycles. The molecule has 2 rings (SSSR count). The van der Waals surface area contributed by atoms with Crippen LogP contribution in [-0.4, -0.2) is 48.0 Å². The van der Waals surface area contributed by atoms with E-state index in [1.165, 1.54) is 0 Å². The Labute approximate surface area is 201 Å². The molecule has 0 spiro atoms. The third-order valence-electron chi connectivity index (χ3n) is 5.93. The minimum absolute atomic E-state index is 0.227. The van der Waals surface area contributed by atoms with Crippen molar-refractivity contribution < 1.29 is 18.6 Å². The molecule has 0 saturated heterocycles. The lowest BCUT2D eigenvalue weighted by Gasteiger charge is -2.36. The molecule has 0 atom stereocenters. The summed E-state index contributed by atoms with van der Waals surface area (Å²) in [6.45, 7) is 15.2. The van der Waals surface area contributed by atoms with Gasteiger partial charge in [0.1, 0.15) is 12.4 Å². The summed E-state index contributed by atoms with van der Waals surface area (Å²) < 4.78 is 23.0. The second kappa shape index (κ2) is 13.7. The Kier molecular flexibility index (Phi) is 11.3. The molecule has 0 saturated carbocycles. The van der Waals surface area contributed by atoms with Crippen LogP contribution >= 0.6 is 0 Å². The largest absolute Gasteiger partial charge is 0.491 e. The van der Waals surface area contributed by atoms with Gasteiger partial charge >= 0.3 is 0 Å². The summed E-state index contributed by atoms with van der Waals surface area (Å²) in [7, 11) is -1.69. The van der Waals surface area contributed by atoms with Crippen LogP contribution in [0.5, 0.6) is 5.75 Å². The van der Waals surface area contributed by atoms with Crippen molar-refractivity contribution in [1.29, 1.82) is 0 Å². The first-order chi connectivity index (χ1) is 15.7. The first-order valence-corrected chi connectivity index (χ1v) is 14.6. The SMILES string of the molecule is CC(C)(C)[Si](C)(C)OCCOCCOCCOc1ccc(/C=C/c2ccc(CN)cc2)cc1. The van der Waals surface area contributed by atoms with Crippen LogP contribution in [0, 0.1) is 0 Å². The maximum Gasteiger partial charge on any atom is 0.192 e. The highest BCUT2D eigenvalue weighted by atomic mass is 28.4. The van der Waals surface area contributed by atoms with Gasteiger partial charge in [-0.1, -0.05) is 69.3 Å². The Balaban J connectivity index is 1.54. The minimum atomic E-state index is -1.69. The van der Waals surface area contributed by atoms with Gasteiger partial charge in [0.25, 0.3) is 0 Å². The van der Waals surface area contributed by atoms with Gasteiger partial charge in [-0.3, -0.25) is 0 Å². The van der Waals surface area contributed by atoms with Crippen molar-refractivity contribution in [2.24, 2.45) is 5.73 Å².